The van der Waals surface area contributed by atoms with Crippen LogP contribution in [0.15, 0.2) is 4.99 Å². The van der Waals surface area contributed by atoms with Gasteiger partial charge < -0.3 is 29.9 Å². The van der Waals surface area contributed by atoms with E-state index in [9.17, 15) is 0 Å². The second-order valence-corrected chi connectivity index (χ2v) is 6.05. The van der Waals surface area contributed by atoms with Gasteiger partial charge in [0.1, 0.15) is 0 Å². The van der Waals surface area contributed by atoms with Crippen LogP contribution in [0.3, 0.4) is 0 Å². The van der Waals surface area contributed by atoms with Gasteiger partial charge in [-0.05, 0) is 27.4 Å². The highest BCUT2D eigenvalue weighted by molar-refractivity contribution is 5.79. The minimum absolute atomic E-state index is 0.195. The van der Waals surface area contributed by atoms with E-state index in [0.29, 0.717) is 6.54 Å². The summed E-state index contributed by atoms with van der Waals surface area (Å²) in [4.78, 5) is 9.24. The molecule has 0 radical (unpaired) electrons. The van der Waals surface area contributed by atoms with Crippen molar-refractivity contribution < 1.29 is 9.47 Å². The van der Waals surface area contributed by atoms with Crippen LogP contribution in [0.1, 0.15) is 13.3 Å². The number of likely N-dealkylation sites (N-methyl/N-ethyl adjacent to an activating group) is 2. The standard InChI is InChI=1S/C16H35N5O2/c1-5-17-16(18-7-9-20(2)8-6-11-22-4)19-13-15-14-21(3)10-12-23-15/h15H,5-14H2,1-4H3,(H2,17,18,19). The molecule has 7 nitrogen and oxygen atoms in total. The summed E-state index contributed by atoms with van der Waals surface area (Å²) < 4.78 is 10.8. The number of rotatable bonds is 10. The van der Waals surface area contributed by atoms with E-state index in [1.165, 1.54) is 0 Å². The van der Waals surface area contributed by atoms with Crippen molar-refractivity contribution in [1.82, 2.24) is 20.4 Å². The lowest BCUT2D eigenvalue weighted by Gasteiger charge is -2.29. The fourth-order valence-corrected chi connectivity index (χ4v) is 2.47. The number of nitrogens with one attached hydrogen (secondary N) is 2. The maximum absolute atomic E-state index is 5.75. The van der Waals surface area contributed by atoms with E-state index < -0.39 is 0 Å². The Balaban J connectivity index is 2.26. The van der Waals surface area contributed by atoms with E-state index in [0.717, 1.165) is 64.9 Å². The number of morpholine rings is 1. The molecule has 1 aliphatic rings. The molecule has 7 heteroatoms. The molecule has 1 atom stereocenters. The summed E-state index contributed by atoms with van der Waals surface area (Å²) in [6, 6.07) is 0. The van der Waals surface area contributed by atoms with Crippen molar-refractivity contribution in [1.29, 1.82) is 0 Å². The number of hydrogen-bond donors (Lipinski definition) is 2. The van der Waals surface area contributed by atoms with E-state index in [1.807, 2.05) is 0 Å². The summed E-state index contributed by atoms with van der Waals surface area (Å²) >= 11 is 0. The zero-order valence-electron chi connectivity index (χ0n) is 15.3. The number of aliphatic imine (C=N–C) groups is 1. The van der Waals surface area contributed by atoms with Crippen molar-refractivity contribution in [2.75, 3.05) is 80.2 Å². The molecule has 2 N–H and O–H groups in total. The molecule has 0 aromatic rings. The molecule has 0 aromatic carbocycles. The van der Waals surface area contributed by atoms with Crippen molar-refractivity contribution in [3.8, 4) is 0 Å². The third kappa shape index (κ3) is 9.76. The van der Waals surface area contributed by atoms with Crippen molar-refractivity contribution in [3.63, 3.8) is 0 Å². The van der Waals surface area contributed by atoms with Gasteiger partial charge >= 0.3 is 0 Å². The molecule has 1 saturated heterocycles. The normalized spacial score (nSPS) is 20.0. The predicted octanol–water partition coefficient (Wildman–Crippen LogP) is -0.160. The fraction of sp³-hybridized carbons (Fsp3) is 0.938. The second kappa shape index (κ2) is 12.5. The first-order chi connectivity index (χ1) is 11.2. The monoisotopic (exact) mass is 329 g/mol. The largest absolute Gasteiger partial charge is 0.385 e. The third-order valence-corrected chi connectivity index (χ3v) is 3.81. The highest BCUT2D eigenvalue weighted by atomic mass is 16.5. The Morgan fingerprint density at radius 2 is 2.22 bits per heavy atom. The van der Waals surface area contributed by atoms with Crippen LogP contribution in [0.5, 0.6) is 0 Å². The van der Waals surface area contributed by atoms with Crippen LogP contribution in [0.4, 0.5) is 0 Å². The van der Waals surface area contributed by atoms with Crippen molar-refractivity contribution in [3.05, 3.63) is 0 Å². The highest BCUT2D eigenvalue weighted by Gasteiger charge is 2.17. The second-order valence-electron chi connectivity index (χ2n) is 6.05. The lowest BCUT2D eigenvalue weighted by atomic mass is 10.3. The molecular weight excluding hydrogens is 294 g/mol. The molecule has 136 valence electrons. The zero-order chi connectivity index (χ0) is 16.9. The molecule has 0 aliphatic carbocycles. The smallest absolute Gasteiger partial charge is 0.191 e. The number of ether oxygens (including phenoxy) is 2. The number of hydrogen-bond acceptors (Lipinski definition) is 5. The zero-order valence-corrected chi connectivity index (χ0v) is 15.3. The maximum Gasteiger partial charge on any atom is 0.191 e. The molecule has 23 heavy (non-hydrogen) atoms. The summed E-state index contributed by atoms with van der Waals surface area (Å²) in [5, 5.41) is 6.68. The van der Waals surface area contributed by atoms with Crippen LogP contribution >= 0.6 is 0 Å². The van der Waals surface area contributed by atoms with E-state index in [-0.39, 0.29) is 6.10 Å². The molecule has 0 bridgehead atoms. The average Bonchev–Trinajstić information content (AvgIpc) is 2.53. The van der Waals surface area contributed by atoms with Crippen LogP contribution in [-0.4, -0.2) is 102 Å². The molecular formula is C16H35N5O2. The summed E-state index contributed by atoms with van der Waals surface area (Å²) in [6.45, 7) is 10.1. The molecule has 1 rings (SSSR count). The van der Waals surface area contributed by atoms with Crippen molar-refractivity contribution in [2.45, 2.75) is 19.4 Å². The first-order valence-electron chi connectivity index (χ1n) is 8.65. The van der Waals surface area contributed by atoms with E-state index in [1.54, 1.807) is 7.11 Å². The van der Waals surface area contributed by atoms with Crippen LogP contribution in [-0.2, 0) is 9.47 Å². The topological polar surface area (TPSA) is 61.4 Å². The van der Waals surface area contributed by atoms with Gasteiger partial charge in [-0.3, -0.25) is 4.99 Å². The van der Waals surface area contributed by atoms with Gasteiger partial charge in [0, 0.05) is 53.0 Å². The first-order valence-corrected chi connectivity index (χ1v) is 8.65. The molecule has 1 heterocycles. The number of nitrogens with zero attached hydrogens (tertiary/aromatic N) is 3. The minimum Gasteiger partial charge on any atom is -0.385 e. The molecule has 0 saturated carbocycles. The molecule has 1 aliphatic heterocycles. The lowest BCUT2D eigenvalue weighted by molar-refractivity contribution is -0.0136. The van der Waals surface area contributed by atoms with Gasteiger partial charge in [0.15, 0.2) is 5.96 Å². The minimum atomic E-state index is 0.195. The Labute approximate surface area is 141 Å². The molecule has 0 aromatic heterocycles. The third-order valence-electron chi connectivity index (χ3n) is 3.81. The molecule has 1 unspecified atom stereocenters. The Kier molecular flexibility index (Phi) is 11.0. The van der Waals surface area contributed by atoms with Crippen LogP contribution in [0.2, 0.25) is 0 Å². The van der Waals surface area contributed by atoms with Crippen molar-refractivity contribution in [2.24, 2.45) is 4.99 Å². The number of methoxy groups -OCH3 is 1. The Morgan fingerprint density at radius 3 is 2.91 bits per heavy atom. The summed E-state index contributed by atoms with van der Waals surface area (Å²) in [7, 11) is 6.00. The van der Waals surface area contributed by atoms with Crippen molar-refractivity contribution >= 4 is 5.96 Å². The predicted molar refractivity (Wildman–Crippen MR) is 95.2 cm³/mol. The van der Waals surface area contributed by atoms with Crippen LogP contribution < -0.4 is 10.6 Å². The Morgan fingerprint density at radius 1 is 1.39 bits per heavy atom. The van der Waals surface area contributed by atoms with E-state index >= 15 is 0 Å². The van der Waals surface area contributed by atoms with Gasteiger partial charge in [0.2, 0.25) is 0 Å². The SMILES string of the molecule is CCNC(=NCC1CN(C)CCO1)NCCN(C)CCCOC. The highest BCUT2D eigenvalue weighted by Crippen LogP contribution is 2.02. The molecule has 0 spiro atoms. The van der Waals surface area contributed by atoms with E-state index in [2.05, 4.69) is 46.4 Å². The maximum atomic E-state index is 5.75. The van der Waals surface area contributed by atoms with Crippen LogP contribution in [0.25, 0.3) is 0 Å². The average molecular weight is 329 g/mol. The summed E-state index contributed by atoms with van der Waals surface area (Å²) in [6.07, 6.45) is 1.26. The van der Waals surface area contributed by atoms with Gasteiger partial charge in [0.05, 0.1) is 19.3 Å². The quantitative estimate of drug-likeness (QED) is 0.330. The summed E-state index contributed by atoms with van der Waals surface area (Å²) in [5.41, 5.74) is 0. The molecule has 0 amide bonds. The molecule has 1 fully saturated rings. The first kappa shape index (κ1) is 20.2. The Bertz CT molecular complexity index is 328. The number of guanidine groups is 1. The fourth-order valence-electron chi connectivity index (χ4n) is 2.47. The van der Waals surface area contributed by atoms with Gasteiger partial charge in [-0.2, -0.15) is 0 Å². The van der Waals surface area contributed by atoms with Gasteiger partial charge in [-0.25, -0.2) is 0 Å². The van der Waals surface area contributed by atoms with Gasteiger partial charge in [-0.15, -0.1) is 0 Å². The van der Waals surface area contributed by atoms with Crippen LogP contribution in [0, 0.1) is 0 Å². The van der Waals surface area contributed by atoms with E-state index in [4.69, 9.17) is 9.47 Å². The summed E-state index contributed by atoms with van der Waals surface area (Å²) in [5.74, 6) is 0.870. The van der Waals surface area contributed by atoms with Gasteiger partial charge in [0.25, 0.3) is 0 Å². The Hall–Kier alpha value is -0.890. The lowest BCUT2D eigenvalue weighted by Crippen LogP contribution is -2.44. The van der Waals surface area contributed by atoms with Gasteiger partial charge in [-0.1, -0.05) is 0 Å².